The van der Waals surface area contributed by atoms with E-state index in [1.165, 1.54) is 38.5 Å². The van der Waals surface area contributed by atoms with Crippen molar-refractivity contribution in [3.05, 3.63) is 0 Å². The molecule has 1 aliphatic rings. The molecule has 15 heavy (non-hydrogen) atoms. The Morgan fingerprint density at radius 1 is 1.27 bits per heavy atom. The summed E-state index contributed by atoms with van der Waals surface area (Å²) >= 11 is 0. The van der Waals surface area contributed by atoms with Crippen LogP contribution in [-0.2, 0) is 4.74 Å². The molecule has 1 heterocycles. The predicted octanol–water partition coefficient (Wildman–Crippen LogP) is 2.96. The number of hydrogen-bond donors (Lipinski definition) is 1. The molecule has 0 aliphatic carbocycles. The molecule has 1 fully saturated rings. The van der Waals surface area contributed by atoms with Gasteiger partial charge in [-0.25, -0.2) is 0 Å². The molecule has 2 unspecified atom stereocenters. The van der Waals surface area contributed by atoms with Gasteiger partial charge in [0.2, 0.25) is 0 Å². The van der Waals surface area contributed by atoms with Crippen LogP contribution in [0.15, 0.2) is 0 Å². The average molecular weight is 213 g/mol. The van der Waals surface area contributed by atoms with Crippen LogP contribution < -0.4 is 5.73 Å². The van der Waals surface area contributed by atoms with Crippen molar-refractivity contribution in [1.82, 2.24) is 0 Å². The van der Waals surface area contributed by atoms with Crippen LogP contribution in [0.4, 0.5) is 0 Å². The molecule has 1 rings (SSSR count). The van der Waals surface area contributed by atoms with Crippen molar-refractivity contribution in [2.75, 3.05) is 13.2 Å². The molecule has 0 amide bonds. The third-order valence-electron chi connectivity index (χ3n) is 3.60. The van der Waals surface area contributed by atoms with Crippen LogP contribution in [0.3, 0.4) is 0 Å². The van der Waals surface area contributed by atoms with Gasteiger partial charge in [-0.05, 0) is 37.5 Å². The maximum atomic E-state index is 6.38. The Balaban J connectivity index is 2.41. The lowest BCUT2D eigenvalue weighted by atomic mass is 9.81. The van der Waals surface area contributed by atoms with Crippen molar-refractivity contribution in [3.63, 3.8) is 0 Å². The van der Waals surface area contributed by atoms with Gasteiger partial charge in [0.05, 0.1) is 6.61 Å². The lowest BCUT2D eigenvalue weighted by molar-refractivity contribution is 0.0344. The summed E-state index contributed by atoms with van der Waals surface area (Å²) in [5.74, 6) is 1.33. The molecule has 2 atom stereocenters. The topological polar surface area (TPSA) is 35.2 Å². The average Bonchev–Trinajstić information content (AvgIpc) is 2.29. The maximum Gasteiger partial charge on any atom is 0.0509 e. The van der Waals surface area contributed by atoms with Crippen molar-refractivity contribution in [2.24, 2.45) is 17.6 Å². The van der Waals surface area contributed by atoms with Crippen LogP contribution in [0.1, 0.15) is 52.4 Å². The van der Waals surface area contributed by atoms with E-state index in [0.717, 1.165) is 13.2 Å². The van der Waals surface area contributed by atoms with Gasteiger partial charge in [-0.3, -0.25) is 0 Å². The van der Waals surface area contributed by atoms with E-state index >= 15 is 0 Å². The summed E-state index contributed by atoms with van der Waals surface area (Å²) in [6.45, 7) is 6.35. The minimum atomic E-state index is 0.366. The highest BCUT2D eigenvalue weighted by molar-refractivity contribution is 4.81. The smallest absolute Gasteiger partial charge is 0.0509 e. The van der Waals surface area contributed by atoms with Crippen molar-refractivity contribution in [3.8, 4) is 0 Å². The molecule has 90 valence electrons. The first kappa shape index (κ1) is 13.0. The van der Waals surface area contributed by atoms with E-state index in [2.05, 4.69) is 13.8 Å². The van der Waals surface area contributed by atoms with Crippen molar-refractivity contribution in [1.29, 1.82) is 0 Å². The summed E-state index contributed by atoms with van der Waals surface area (Å²) in [7, 11) is 0. The third kappa shape index (κ3) is 4.12. The van der Waals surface area contributed by atoms with Crippen LogP contribution in [0.5, 0.6) is 0 Å². The molecule has 0 aromatic carbocycles. The summed E-state index contributed by atoms with van der Waals surface area (Å²) in [4.78, 5) is 0. The van der Waals surface area contributed by atoms with Crippen LogP contribution in [0.25, 0.3) is 0 Å². The Kier molecular flexibility index (Phi) is 6.26. The molecule has 2 nitrogen and oxygen atoms in total. The quantitative estimate of drug-likeness (QED) is 0.736. The molecule has 0 aromatic heterocycles. The molecule has 0 bridgehead atoms. The second kappa shape index (κ2) is 7.24. The fourth-order valence-corrected chi connectivity index (χ4v) is 2.72. The van der Waals surface area contributed by atoms with Crippen LogP contribution in [0, 0.1) is 11.8 Å². The molecule has 1 aliphatic heterocycles. The SMILES string of the molecule is CCCC(CCC)C(N)C1CCCOC1. The Hall–Kier alpha value is -0.0800. The first-order valence-corrected chi connectivity index (χ1v) is 6.62. The summed E-state index contributed by atoms with van der Waals surface area (Å²) in [5, 5.41) is 0. The molecule has 1 saturated heterocycles. The summed E-state index contributed by atoms with van der Waals surface area (Å²) < 4.78 is 5.53. The van der Waals surface area contributed by atoms with E-state index in [0.29, 0.717) is 17.9 Å². The Labute approximate surface area is 94.6 Å². The fourth-order valence-electron chi connectivity index (χ4n) is 2.72. The first-order chi connectivity index (χ1) is 7.29. The van der Waals surface area contributed by atoms with E-state index in [9.17, 15) is 0 Å². The van der Waals surface area contributed by atoms with E-state index in [1.807, 2.05) is 0 Å². The molecule has 0 aromatic rings. The molecule has 2 heteroatoms. The number of hydrogen-bond acceptors (Lipinski definition) is 2. The van der Waals surface area contributed by atoms with Crippen LogP contribution in [-0.4, -0.2) is 19.3 Å². The number of ether oxygens (including phenoxy) is 1. The lowest BCUT2D eigenvalue weighted by Gasteiger charge is -2.33. The monoisotopic (exact) mass is 213 g/mol. The molecule has 0 radical (unpaired) electrons. The minimum Gasteiger partial charge on any atom is -0.381 e. The molecule has 0 spiro atoms. The second-order valence-electron chi connectivity index (χ2n) is 4.89. The second-order valence-corrected chi connectivity index (χ2v) is 4.89. The highest BCUT2D eigenvalue weighted by Gasteiger charge is 2.26. The van der Waals surface area contributed by atoms with Gasteiger partial charge in [-0.1, -0.05) is 26.7 Å². The maximum absolute atomic E-state index is 6.38. The van der Waals surface area contributed by atoms with Gasteiger partial charge < -0.3 is 10.5 Å². The minimum absolute atomic E-state index is 0.366. The van der Waals surface area contributed by atoms with Gasteiger partial charge in [-0.2, -0.15) is 0 Å². The lowest BCUT2D eigenvalue weighted by Crippen LogP contribution is -2.41. The van der Waals surface area contributed by atoms with Gasteiger partial charge in [0.15, 0.2) is 0 Å². The van der Waals surface area contributed by atoms with E-state index in [1.54, 1.807) is 0 Å². The summed E-state index contributed by atoms with van der Waals surface area (Å²) in [5.41, 5.74) is 6.38. The Morgan fingerprint density at radius 3 is 2.40 bits per heavy atom. The van der Waals surface area contributed by atoms with Gasteiger partial charge in [0, 0.05) is 12.6 Å². The highest BCUT2D eigenvalue weighted by atomic mass is 16.5. The Morgan fingerprint density at radius 2 is 1.93 bits per heavy atom. The first-order valence-electron chi connectivity index (χ1n) is 6.62. The Bertz CT molecular complexity index is 149. The third-order valence-corrected chi connectivity index (χ3v) is 3.60. The zero-order chi connectivity index (χ0) is 11.1. The molecular weight excluding hydrogens is 186 g/mol. The molecular formula is C13H27NO. The van der Waals surface area contributed by atoms with Crippen molar-refractivity contribution in [2.45, 2.75) is 58.4 Å². The van der Waals surface area contributed by atoms with Gasteiger partial charge in [0.25, 0.3) is 0 Å². The summed E-state index contributed by atoms with van der Waals surface area (Å²) in [6.07, 6.45) is 7.54. The largest absolute Gasteiger partial charge is 0.381 e. The normalized spacial score (nSPS) is 24.4. The van der Waals surface area contributed by atoms with E-state index in [4.69, 9.17) is 10.5 Å². The van der Waals surface area contributed by atoms with Crippen molar-refractivity contribution >= 4 is 0 Å². The standard InChI is InChI=1S/C13H27NO/c1-3-6-11(7-4-2)13(14)12-8-5-9-15-10-12/h11-13H,3-10,14H2,1-2H3. The van der Waals surface area contributed by atoms with Crippen LogP contribution >= 0.6 is 0 Å². The fraction of sp³-hybridized carbons (Fsp3) is 1.00. The molecule has 0 saturated carbocycles. The molecule has 2 N–H and O–H groups in total. The van der Waals surface area contributed by atoms with Crippen molar-refractivity contribution < 1.29 is 4.74 Å². The van der Waals surface area contributed by atoms with E-state index in [-0.39, 0.29) is 0 Å². The van der Waals surface area contributed by atoms with Gasteiger partial charge in [-0.15, -0.1) is 0 Å². The number of nitrogens with two attached hydrogens (primary N) is 1. The van der Waals surface area contributed by atoms with E-state index < -0.39 is 0 Å². The summed E-state index contributed by atoms with van der Waals surface area (Å²) in [6, 6.07) is 0.366. The highest BCUT2D eigenvalue weighted by Crippen LogP contribution is 2.26. The number of rotatable bonds is 6. The zero-order valence-corrected chi connectivity index (χ0v) is 10.4. The van der Waals surface area contributed by atoms with Gasteiger partial charge >= 0.3 is 0 Å². The van der Waals surface area contributed by atoms with Crippen LogP contribution in [0.2, 0.25) is 0 Å². The zero-order valence-electron chi connectivity index (χ0n) is 10.4. The van der Waals surface area contributed by atoms with Gasteiger partial charge in [0.1, 0.15) is 0 Å². The predicted molar refractivity (Wildman–Crippen MR) is 64.8 cm³/mol.